The molecule has 0 spiro atoms. The van der Waals surface area contributed by atoms with Crippen LogP contribution in [0.15, 0.2) is 12.1 Å². The third kappa shape index (κ3) is 1.34. The van der Waals surface area contributed by atoms with Crippen molar-refractivity contribution in [2.75, 3.05) is 7.11 Å². The standard InChI is InChI=1S/C12H14N2O2/c1-6-4-5-8(16-3)11-9(6)7(2)10(14-11)12(13)15/h4-5,14H,1-3H3,(H2,13,15). The molecular formula is C12H14N2O2. The van der Waals surface area contributed by atoms with Crippen molar-refractivity contribution in [3.8, 4) is 5.75 Å². The lowest BCUT2D eigenvalue weighted by atomic mass is 10.1. The number of hydrogen-bond acceptors (Lipinski definition) is 2. The number of nitrogens with one attached hydrogen (secondary N) is 1. The molecule has 0 atom stereocenters. The van der Waals surface area contributed by atoms with Gasteiger partial charge in [-0.15, -0.1) is 0 Å². The highest BCUT2D eigenvalue weighted by Crippen LogP contribution is 2.31. The van der Waals surface area contributed by atoms with Gasteiger partial charge in [-0.2, -0.15) is 0 Å². The van der Waals surface area contributed by atoms with Crippen LogP contribution >= 0.6 is 0 Å². The predicted molar refractivity (Wildman–Crippen MR) is 62.8 cm³/mol. The van der Waals surface area contributed by atoms with Crippen LogP contribution in [0.3, 0.4) is 0 Å². The first-order valence-electron chi connectivity index (χ1n) is 5.02. The molecule has 0 saturated heterocycles. The Morgan fingerprint density at radius 2 is 2.06 bits per heavy atom. The van der Waals surface area contributed by atoms with Gasteiger partial charge in [0.25, 0.3) is 5.91 Å². The fourth-order valence-electron chi connectivity index (χ4n) is 2.06. The summed E-state index contributed by atoms with van der Waals surface area (Å²) in [6, 6.07) is 3.84. The van der Waals surface area contributed by atoms with Crippen LogP contribution in [-0.4, -0.2) is 18.0 Å². The van der Waals surface area contributed by atoms with E-state index in [-0.39, 0.29) is 0 Å². The van der Waals surface area contributed by atoms with Crippen molar-refractivity contribution in [1.82, 2.24) is 4.98 Å². The van der Waals surface area contributed by atoms with Crippen molar-refractivity contribution >= 4 is 16.8 Å². The van der Waals surface area contributed by atoms with Gasteiger partial charge in [-0.1, -0.05) is 6.07 Å². The number of ether oxygens (including phenoxy) is 1. The van der Waals surface area contributed by atoms with Crippen LogP contribution in [-0.2, 0) is 0 Å². The molecule has 4 heteroatoms. The Morgan fingerprint density at radius 1 is 1.38 bits per heavy atom. The highest BCUT2D eigenvalue weighted by Gasteiger charge is 2.16. The number of fused-ring (bicyclic) bond motifs is 1. The van der Waals surface area contributed by atoms with Crippen LogP contribution in [0.25, 0.3) is 10.9 Å². The van der Waals surface area contributed by atoms with E-state index in [2.05, 4.69) is 4.98 Å². The van der Waals surface area contributed by atoms with Crippen molar-refractivity contribution in [3.63, 3.8) is 0 Å². The van der Waals surface area contributed by atoms with Crippen molar-refractivity contribution in [2.45, 2.75) is 13.8 Å². The number of carbonyl (C=O) groups is 1. The number of methoxy groups -OCH3 is 1. The van der Waals surface area contributed by atoms with Gasteiger partial charge in [-0.3, -0.25) is 4.79 Å². The summed E-state index contributed by atoms with van der Waals surface area (Å²) in [5.41, 5.74) is 8.55. The minimum Gasteiger partial charge on any atom is -0.495 e. The third-order valence-electron chi connectivity index (χ3n) is 2.84. The molecule has 0 aliphatic heterocycles. The minimum absolute atomic E-state index is 0.447. The molecule has 1 heterocycles. The van der Waals surface area contributed by atoms with E-state index in [1.807, 2.05) is 26.0 Å². The van der Waals surface area contributed by atoms with Gasteiger partial charge in [0.05, 0.1) is 12.6 Å². The van der Waals surface area contributed by atoms with Gasteiger partial charge in [0.15, 0.2) is 0 Å². The Kier molecular flexibility index (Phi) is 2.34. The minimum atomic E-state index is -0.449. The number of primary amides is 1. The van der Waals surface area contributed by atoms with Gasteiger partial charge in [0.1, 0.15) is 11.4 Å². The predicted octanol–water partition coefficient (Wildman–Crippen LogP) is 1.89. The summed E-state index contributed by atoms with van der Waals surface area (Å²) in [4.78, 5) is 14.3. The highest BCUT2D eigenvalue weighted by atomic mass is 16.5. The van der Waals surface area contributed by atoms with Crippen LogP contribution in [0, 0.1) is 13.8 Å². The lowest BCUT2D eigenvalue weighted by Gasteiger charge is -2.03. The Hall–Kier alpha value is -1.97. The molecule has 0 radical (unpaired) electrons. The Balaban J connectivity index is 2.89. The second kappa shape index (κ2) is 3.56. The third-order valence-corrected chi connectivity index (χ3v) is 2.84. The maximum absolute atomic E-state index is 11.3. The first-order chi connectivity index (χ1) is 7.56. The van der Waals surface area contributed by atoms with Crippen molar-refractivity contribution in [3.05, 3.63) is 29.0 Å². The lowest BCUT2D eigenvalue weighted by molar-refractivity contribution is 0.0996. The number of aryl methyl sites for hydroxylation is 2. The van der Waals surface area contributed by atoms with Crippen molar-refractivity contribution < 1.29 is 9.53 Å². The van der Waals surface area contributed by atoms with Crippen LogP contribution < -0.4 is 10.5 Å². The number of hydrogen-bond donors (Lipinski definition) is 2. The molecule has 2 aromatic rings. The number of H-pyrrole nitrogens is 1. The zero-order valence-electron chi connectivity index (χ0n) is 9.55. The molecule has 0 bridgehead atoms. The van der Waals surface area contributed by atoms with E-state index in [9.17, 15) is 4.79 Å². The zero-order chi connectivity index (χ0) is 11.9. The molecule has 2 rings (SSSR count). The summed E-state index contributed by atoms with van der Waals surface area (Å²) >= 11 is 0. The molecule has 16 heavy (non-hydrogen) atoms. The molecule has 0 aliphatic rings. The Labute approximate surface area is 93.4 Å². The van der Waals surface area contributed by atoms with Gasteiger partial charge < -0.3 is 15.5 Å². The normalized spacial score (nSPS) is 10.7. The lowest BCUT2D eigenvalue weighted by Crippen LogP contribution is -2.12. The largest absolute Gasteiger partial charge is 0.495 e. The van der Waals surface area contributed by atoms with Crippen molar-refractivity contribution in [2.24, 2.45) is 5.73 Å². The van der Waals surface area contributed by atoms with Gasteiger partial charge in [0, 0.05) is 5.39 Å². The van der Waals surface area contributed by atoms with Crippen LogP contribution in [0.5, 0.6) is 5.75 Å². The fraction of sp³-hybridized carbons (Fsp3) is 0.250. The number of aromatic amines is 1. The van der Waals surface area contributed by atoms with E-state index in [4.69, 9.17) is 10.5 Å². The molecule has 4 nitrogen and oxygen atoms in total. The summed E-state index contributed by atoms with van der Waals surface area (Å²) in [5, 5.41) is 1.01. The number of amides is 1. The summed E-state index contributed by atoms with van der Waals surface area (Å²) < 4.78 is 5.25. The zero-order valence-corrected chi connectivity index (χ0v) is 9.55. The molecule has 0 unspecified atom stereocenters. The first-order valence-corrected chi connectivity index (χ1v) is 5.02. The average molecular weight is 218 g/mol. The summed E-state index contributed by atoms with van der Waals surface area (Å²) in [5.74, 6) is 0.270. The fourth-order valence-corrected chi connectivity index (χ4v) is 2.06. The highest BCUT2D eigenvalue weighted by molar-refractivity contribution is 6.02. The van der Waals surface area contributed by atoms with E-state index in [0.29, 0.717) is 5.69 Å². The van der Waals surface area contributed by atoms with Gasteiger partial charge in [0.2, 0.25) is 0 Å². The number of nitrogens with two attached hydrogens (primary N) is 1. The summed E-state index contributed by atoms with van der Waals surface area (Å²) in [7, 11) is 1.60. The first kappa shape index (κ1) is 10.5. The topological polar surface area (TPSA) is 68.1 Å². The molecule has 1 aromatic carbocycles. The molecule has 0 saturated carbocycles. The van der Waals surface area contributed by atoms with E-state index >= 15 is 0 Å². The van der Waals surface area contributed by atoms with Gasteiger partial charge >= 0.3 is 0 Å². The second-order valence-corrected chi connectivity index (χ2v) is 3.82. The summed E-state index contributed by atoms with van der Waals surface area (Å²) in [6.07, 6.45) is 0. The molecule has 84 valence electrons. The quantitative estimate of drug-likeness (QED) is 0.808. The smallest absolute Gasteiger partial charge is 0.265 e. The molecule has 0 aliphatic carbocycles. The van der Waals surface area contributed by atoms with Gasteiger partial charge in [-0.05, 0) is 31.0 Å². The SMILES string of the molecule is COc1ccc(C)c2c(C)c(C(N)=O)[nH]c12. The van der Waals surface area contributed by atoms with E-state index in [1.54, 1.807) is 7.11 Å². The maximum atomic E-state index is 11.3. The van der Waals surface area contributed by atoms with E-state index < -0.39 is 5.91 Å². The van der Waals surface area contributed by atoms with Crippen molar-refractivity contribution in [1.29, 1.82) is 0 Å². The van der Waals surface area contributed by atoms with E-state index in [0.717, 1.165) is 27.8 Å². The molecule has 1 aromatic heterocycles. The maximum Gasteiger partial charge on any atom is 0.265 e. The number of benzene rings is 1. The van der Waals surface area contributed by atoms with Gasteiger partial charge in [-0.25, -0.2) is 0 Å². The van der Waals surface area contributed by atoms with E-state index in [1.165, 1.54) is 0 Å². The second-order valence-electron chi connectivity index (χ2n) is 3.82. The Bertz CT molecular complexity index is 570. The Morgan fingerprint density at radius 3 is 2.62 bits per heavy atom. The van der Waals surface area contributed by atoms with Crippen LogP contribution in [0.2, 0.25) is 0 Å². The molecule has 3 N–H and O–H groups in total. The molecular weight excluding hydrogens is 204 g/mol. The van der Waals surface area contributed by atoms with Crippen LogP contribution in [0.4, 0.5) is 0 Å². The number of rotatable bonds is 2. The monoisotopic (exact) mass is 218 g/mol. The van der Waals surface area contributed by atoms with Crippen LogP contribution in [0.1, 0.15) is 21.6 Å². The molecule has 0 fully saturated rings. The molecule has 1 amide bonds. The number of aromatic nitrogens is 1. The summed E-state index contributed by atoms with van der Waals surface area (Å²) in [6.45, 7) is 3.87. The average Bonchev–Trinajstić information content (AvgIpc) is 2.58. The number of carbonyl (C=O) groups excluding carboxylic acids is 1.